The normalized spacial score (nSPS) is 27.2. The Morgan fingerprint density at radius 2 is 1.96 bits per heavy atom. The monoisotopic (exact) mass is 676 g/mol. The van der Waals surface area contributed by atoms with E-state index in [1.807, 2.05) is 36.4 Å². The van der Waals surface area contributed by atoms with Crippen LogP contribution in [0.2, 0.25) is 0 Å². The average Bonchev–Trinajstić information content (AvgIpc) is 3.93. The molecule has 254 valence electrons. The number of allylic oxidation sites excluding steroid dienone is 1. The summed E-state index contributed by atoms with van der Waals surface area (Å²) >= 11 is 0. The number of sulfonamides is 1. The van der Waals surface area contributed by atoms with E-state index in [1.165, 1.54) is 0 Å². The van der Waals surface area contributed by atoms with Crippen molar-refractivity contribution in [3.63, 3.8) is 0 Å². The van der Waals surface area contributed by atoms with E-state index in [1.54, 1.807) is 35.2 Å². The molecular weight excluding hydrogens is 636 g/mol. The molecule has 13 nitrogen and oxygen atoms in total. The molecule has 4 aliphatic rings. The summed E-state index contributed by atoms with van der Waals surface area (Å²) in [5.41, 5.74) is -1.40. The molecule has 2 saturated carbocycles. The topological polar surface area (TPSA) is 162 Å². The first-order chi connectivity index (χ1) is 23.2. The zero-order valence-electron chi connectivity index (χ0n) is 26.8. The molecule has 4 unspecified atom stereocenters. The summed E-state index contributed by atoms with van der Waals surface area (Å²) in [6.07, 6.45) is 12.8. The molecule has 1 aromatic carbocycles. The summed E-state index contributed by atoms with van der Waals surface area (Å²) in [5.74, 6) is -0.232. The molecule has 0 bridgehead atoms. The average molecular weight is 677 g/mol. The first-order valence-electron chi connectivity index (χ1n) is 16.7. The predicted octanol–water partition coefficient (Wildman–Crippen LogP) is 3.17. The maximum atomic E-state index is 14.1. The minimum absolute atomic E-state index is 0.154. The van der Waals surface area contributed by atoms with Gasteiger partial charge < -0.3 is 19.7 Å². The Kier molecular flexibility index (Phi) is 8.60. The van der Waals surface area contributed by atoms with Crippen LogP contribution < -0.4 is 19.5 Å². The molecule has 2 N–H and O–H groups in total. The first-order valence-corrected chi connectivity index (χ1v) is 18.2. The quantitative estimate of drug-likeness (QED) is 0.358. The van der Waals surface area contributed by atoms with Gasteiger partial charge in [-0.05, 0) is 74.2 Å². The number of methoxy groups -OCH3 is 1. The van der Waals surface area contributed by atoms with Crippen molar-refractivity contribution in [3.8, 4) is 17.4 Å². The van der Waals surface area contributed by atoms with Gasteiger partial charge in [0.1, 0.15) is 23.4 Å². The van der Waals surface area contributed by atoms with Gasteiger partial charge in [0.05, 0.1) is 18.9 Å². The molecule has 3 amide bonds. The van der Waals surface area contributed by atoms with Crippen molar-refractivity contribution in [1.82, 2.24) is 29.7 Å². The first kappa shape index (κ1) is 32.1. The number of hydrogen-bond acceptors (Lipinski definition) is 9. The van der Waals surface area contributed by atoms with Crippen LogP contribution in [0.1, 0.15) is 64.2 Å². The van der Waals surface area contributed by atoms with Gasteiger partial charge >= 0.3 is 0 Å². The number of hydrogen-bond donors (Lipinski definition) is 2. The fourth-order valence-corrected chi connectivity index (χ4v) is 8.12. The predicted molar refractivity (Wildman–Crippen MR) is 176 cm³/mol. The van der Waals surface area contributed by atoms with Crippen LogP contribution >= 0.6 is 0 Å². The number of rotatable bonds is 7. The smallest absolute Gasteiger partial charge is 0.259 e. The molecule has 0 spiro atoms. The van der Waals surface area contributed by atoms with Gasteiger partial charge in [-0.1, -0.05) is 25.0 Å². The lowest BCUT2D eigenvalue weighted by atomic mass is 10.1. The number of benzene rings is 1. The summed E-state index contributed by atoms with van der Waals surface area (Å²) in [7, 11) is -2.23. The van der Waals surface area contributed by atoms with Crippen LogP contribution in [0.3, 0.4) is 0 Å². The highest BCUT2D eigenvalue weighted by atomic mass is 32.2. The third-order valence-corrected chi connectivity index (χ3v) is 11.6. The summed E-state index contributed by atoms with van der Waals surface area (Å²) < 4.78 is 41.2. The van der Waals surface area contributed by atoms with E-state index in [0.717, 1.165) is 36.5 Å². The molecule has 4 heterocycles. The van der Waals surface area contributed by atoms with E-state index in [9.17, 15) is 22.8 Å². The van der Waals surface area contributed by atoms with Crippen LogP contribution in [0.25, 0.3) is 16.6 Å². The zero-order chi connectivity index (χ0) is 33.5. The fourth-order valence-electron chi connectivity index (χ4n) is 6.76. The number of ether oxygens (including phenoxy) is 2. The van der Waals surface area contributed by atoms with Gasteiger partial charge in [0.15, 0.2) is 5.82 Å². The minimum Gasteiger partial charge on any atom is -0.497 e. The lowest BCUT2D eigenvalue weighted by Crippen LogP contribution is -2.56. The van der Waals surface area contributed by atoms with E-state index in [0.29, 0.717) is 36.7 Å². The van der Waals surface area contributed by atoms with Crippen LogP contribution in [-0.2, 0) is 24.4 Å². The summed E-state index contributed by atoms with van der Waals surface area (Å²) in [6, 6.07) is 8.30. The van der Waals surface area contributed by atoms with Crippen LogP contribution in [0.15, 0.2) is 54.9 Å². The van der Waals surface area contributed by atoms with Gasteiger partial charge in [0.2, 0.25) is 27.7 Å². The molecule has 2 aromatic heterocycles. The number of aromatic nitrogens is 3. The van der Waals surface area contributed by atoms with Crippen molar-refractivity contribution in [2.75, 3.05) is 13.7 Å². The maximum Gasteiger partial charge on any atom is 0.259 e. The molecule has 14 heteroatoms. The molecule has 1 saturated heterocycles. The molecule has 2 aliphatic carbocycles. The molecule has 0 radical (unpaired) electrons. The largest absolute Gasteiger partial charge is 0.497 e. The fraction of sp³-hybridized carbons (Fsp3) is 0.500. The van der Waals surface area contributed by atoms with Crippen molar-refractivity contribution in [3.05, 3.63) is 54.9 Å². The van der Waals surface area contributed by atoms with E-state index in [4.69, 9.17) is 14.5 Å². The van der Waals surface area contributed by atoms with Gasteiger partial charge in [0.25, 0.3) is 5.91 Å². The Hall–Kier alpha value is -4.46. The molecule has 4 atom stereocenters. The Morgan fingerprint density at radius 3 is 2.73 bits per heavy atom. The lowest BCUT2D eigenvalue weighted by molar-refractivity contribution is -0.139. The third-order valence-electron chi connectivity index (χ3n) is 9.74. The van der Waals surface area contributed by atoms with Gasteiger partial charge in [-0.3, -0.25) is 19.1 Å². The highest BCUT2D eigenvalue weighted by Crippen LogP contribution is 2.46. The second kappa shape index (κ2) is 12.9. The molecule has 7 rings (SSSR count). The van der Waals surface area contributed by atoms with E-state index in [-0.39, 0.29) is 37.6 Å². The van der Waals surface area contributed by atoms with Crippen LogP contribution in [0.4, 0.5) is 0 Å². The summed E-state index contributed by atoms with van der Waals surface area (Å²) in [6.45, 7) is 0.154. The third kappa shape index (κ3) is 6.49. The number of nitrogens with one attached hydrogen (secondary N) is 2. The highest BCUT2D eigenvalue weighted by Gasteiger charge is 2.62. The molecule has 2 aliphatic heterocycles. The van der Waals surface area contributed by atoms with E-state index < -0.39 is 44.8 Å². The van der Waals surface area contributed by atoms with E-state index >= 15 is 0 Å². The van der Waals surface area contributed by atoms with Crippen molar-refractivity contribution < 1.29 is 32.3 Å². The second-order valence-corrected chi connectivity index (χ2v) is 15.1. The number of nitrogens with zero attached hydrogens (tertiary/aromatic N) is 4. The molecule has 3 aromatic rings. The second-order valence-electron chi connectivity index (χ2n) is 13.2. The van der Waals surface area contributed by atoms with Crippen LogP contribution in [0, 0.1) is 5.92 Å². The Morgan fingerprint density at radius 1 is 1.12 bits per heavy atom. The zero-order valence-corrected chi connectivity index (χ0v) is 27.7. The van der Waals surface area contributed by atoms with Gasteiger partial charge in [-0.25, -0.2) is 13.1 Å². The van der Waals surface area contributed by atoms with Crippen LogP contribution in [0.5, 0.6) is 11.6 Å². The maximum absolute atomic E-state index is 14.1. The number of pyridine rings is 1. The number of carbonyl (C=O) groups excluding carboxylic acids is 3. The standard InChI is InChI=1S/C34H40N6O7S/c1-46-24-11-14-27-22(17-24)18-29(40-16-8-15-35-40)36-32(27)47-25-19-28-31(42)37-34(33(43)38-48(44,45)26-12-13-26)20-23(34)9-6-4-2-3-5-7-10-30(41)39(28)21-25/h6,8-9,11,14-18,23,25-26,28H,2-5,7,10,12-13,19-21H2,1H3,(H,37,42)(H,38,43)/b9-6-. The van der Waals surface area contributed by atoms with Crippen molar-refractivity contribution in [2.45, 2.75) is 87.1 Å². The van der Waals surface area contributed by atoms with Crippen molar-refractivity contribution >= 4 is 38.5 Å². The SMILES string of the molecule is COc1ccc2c(OC3CC4C(=O)NC5(C(=O)NS(=O)(=O)C6CC6)CC5/C=C\CCCCCCC(=O)N4C3)nc(-n3cccn3)cc2c1. The van der Waals surface area contributed by atoms with Crippen LogP contribution in [-0.4, -0.2) is 82.4 Å². The summed E-state index contributed by atoms with van der Waals surface area (Å²) in [4.78, 5) is 47.5. The Labute approximate surface area is 279 Å². The Bertz CT molecular complexity index is 1860. The van der Waals surface area contributed by atoms with Crippen molar-refractivity contribution in [2.24, 2.45) is 5.92 Å². The number of carbonyl (C=O) groups is 3. The number of fused-ring (bicyclic) bond motifs is 3. The molecular formula is C34H40N6O7S. The minimum atomic E-state index is -3.82. The van der Waals surface area contributed by atoms with Gasteiger partial charge in [0, 0.05) is 36.5 Å². The van der Waals surface area contributed by atoms with Gasteiger partial charge in [-0.15, -0.1) is 0 Å². The van der Waals surface area contributed by atoms with Gasteiger partial charge in [-0.2, -0.15) is 10.1 Å². The summed E-state index contributed by atoms with van der Waals surface area (Å²) in [5, 5.41) is 8.18. The van der Waals surface area contributed by atoms with Crippen molar-refractivity contribution in [1.29, 1.82) is 0 Å². The molecule has 3 fully saturated rings. The number of amides is 3. The molecule has 48 heavy (non-hydrogen) atoms. The van der Waals surface area contributed by atoms with E-state index in [2.05, 4.69) is 15.1 Å². The highest BCUT2D eigenvalue weighted by molar-refractivity contribution is 7.91. The lowest BCUT2D eigenvalue weighted by Gasteiger charge is -2.26. The Balaban J connectivity index is 1.17.